The number of hydrogen-bond acceptors (Lipinski definition) is 2. The molecule has 1 aromatic rings. The van der Waals surface area contributed by atoms with Gasteiger partial charge in [0.25, 0.3) is 0 Å². The average Bonchev–Trinajstić information content (AvgIpc) is 2.30. The molecule has 0 aromatic heterocycles. The molecule has 1 rings (SSSR count). The number of hydrogen-bond donors (Lipinski definition) is 2. The Morgan fingerprint density at radius 1 is 1.33 bits per heavy atom. The lowest BCUT2D eigenvalue weighted by Crippen LogP contribution is -2.14. The average molecular weight is 255 g/mol. The zero-order chi connectivity index (χ0) is 13.7. The molecular weight excluding hydrogens is 244 g/mol. The number of anilines is 1. The van der Waals surface area contributed by atoms with Gasteiger partial charge in [-0.3, -0.25) is 4.79 Å². The molecule has 0 aliphatic carbocycles. The molecule has 4 nitrogen and oxygen atoms in total. The second-order valence-corrected chi connectivity index (χ2v) is 3.49. The number of carboxylic acid groups (broad SMARTS) is 1. The second kappa shape index (κ2) is 5.90. The van der Waals surface area contributed by atoms with Crippen molar-refractivity contribution in [3.05, 3.63) is 42.0 Å². The molecule has 0 bridgehead atoms. The Balaban J connectivity index is 3.00. The third-order valence-electron chi connectivity index (χ3n) is 2.14. The van der Waals surface area contributed by atoms with E-state index in [1.165, 1.54) is 6.08 Å². The second-order valence-electron chi connectivity index (χ2n) is 3.49. The van der Waals surface area contributed by atoms with E-state index in [2.05, 4.69) is 11.9 Å². The summed E-state index contributed by atoms with van der Waals surface area (Å²) in [5, 5.41) is 11.0. The smallest absolute Gasteiger partial charge is 0.337 e. The van der Waals surface area contributed by atoms with E-state index in [9.17, 15) is 18.4 Å². The molecule has 0 fully saturated rings. The summed E-state index contributed by atoms with van der Waals surface area (Å²) in [5.74, 6) is -4.45. The summed E-state index contributed by atoms with van der Waals surface area (Å²) in [6.45, 7) is 3.43. The van der Waals surface area contributed by atoms with E-state index in [1.54, 1.807) is 0 Å². The molecule has 0 spiro atoms. The first-order chi connectivity index (χ1) is 8.45. The largest absolute Gasteiger partial charge is 0.478 e. The van der Waals surface area contributed by atoms with Crippen LogP contribution < -0.4 is 5.32 Å². The molecule has 0 unspecified atom stereocenters. The molecule has 0 radical (unpaired) electrons. The predicted molar refractivity (Wildman–Crippen MR) is 61.4 cm³/mol. The minimum absolute atomic E-state index is 0.0849. The summed E-state index contributed by atoms with van der Waals surface area (Å²) in [4.78, 5) is 22.2. The number of amides is 1. The zero-order valence-electron chi connectivity index (χ0n) is 9.37. The van der Waals surface area contributed by atoms with E-state index < -0.39 is 29.1 Å². The molecule has 96 valence electrons. The van der Waals surface area contributed by atoms with Gasteiger partial charge in [0.05, 0.1) is 11.3 Å². The predicted octanol–water partition coefficient (Wildman–Crippen LogP) is 2.57. The Hall–Kier alpha value is -2.24. The molecule has 0 aliphatic rings. The van der Waals surface area contributed by atoms with Crippen molar-refractivity contribution in [1.82, 2.24) is 0 Å². The Morgan fingerprint density at radius 3 is 2.50 bits per heavy atom. The summed E-state index contributed by atoms with van der Waals surface area (Å²) in [5.41, 5.74) is -0.767. The van der Waals surface area contributed by atoms with Gasteiger partial charge >= 0.3 is 5.97 Å². The number of carbonyl (C=O) groups is 2. The molecule has 0 aliphatic heterocycles. The Kier molecular flexibility index (Phi) is 4.53. The van der Waals surface area contributed by atoms with Crippen LogP contribution in [0.5, 0.6) is 0 Å². The summed E-state index contributed by atoms with van der Waals surface area (Å²) in [6.07, 6.45) is 2.00. The zero-order valence-corrected chi connectivity index (χ0v) is 9.37. The summed E-state index contributed by atoms with van der Waals surface area (Å²) < 4.78 is 25.9. The molecule has 0 heterocycles. The minimum Gasteiger partial charge on any atom is -0.478 e. The van der Waals surface area contributed by atoms with Gasteiger partial charge in [-0.05, 0) is 12.5 Å². The van der Waals surface area contributed by atoms with Crippen molar-refractivity contribution in [2.45, 2.75) is 12.8 Å². The van der Waals surface area contributed by atoms with Crippen LogP contribution in [-0.2, 0) is 4.79 Å². The highest BCUT2D eigenvalue weighted by Crippen LogP contribution is 2.20. The number of carboxylic acids is 1. The van der Waals surface area contributed by atoms with Crippen LogP contribution in [0.15, 0.2) is 24.8 Å². The van der Waals surface area contributed by atoms with Gasteiger partial charge < -0.3 is 10.4 Å². The Bertz CT molecular complexity index is 500. The quantitative estimate of drug-likeness (QED) is 0.794. The molecule has 1 aromatic carbocycles. The van der Waals surface area contributed by atoms with Crippen molar-refractivity contribution in [2.75, 3.05) is 5.32 Å². The fraction of sp³-hybridized carbons (Fsp3) is 0.167. The van der Waals surface area contributed by atoms with Crippen molar-refractivity contribution in [3.63, 3.8) is 0 Å². The molecule has 0 atom stereocenters. The topological polar surface area (TPSA) is 66.4 Å². The van der Waals surface area contributed by atoms with E-state index in [4.69, 9.17) is 5.11 Å². The van der Waals surface area contributed by atoms with Crippen LogP contribution in [-0.4, -0.2) is 17.0 Å². The van der Waals surface area contributed by atoms with Crippen LogP contribution in [0.25, 0.3) is 0 Å². The molecule has 1 amide bonds. The molecule has 18 heavy (non-hydrogen) atoms. The number of benzene rings is 1. The van der Waals surface area contributed by atoms with Crippen LogP contribution >= 0.6 is 0 Å². The molecule has 2 N–H and O–H groups in total. The van der Waals surface area contributed by atoms with Gasteiger partial charge in [-0.15, -0.1) is 6.58 Å². The number of carbonyl (C=O) groups excluding carboxylic acids is 1. The maximum absolute atomic E-state index is 13.0. The minimum atomic E-state index is -1.45. The third-order valence-corrected chi connectivity index (χ3v) is 2.14. The van der Waals surface area contributed by atoms with Crippen molar-refractivity contribution in [2.24, 2.45) is 0 Å². The normalized spacial score (nSPS) is 9.89. The highest BCUT2D eigenvalue weighted by atomic mass is 19.2. The van der Waals surface area contributed by atoms with E-state index in [-0.39, 0.29) is 12.1 Å². The SMILES string of the molecule is C=CCCC(=O)Nc1cc(F)c(F)cc1C(=O)O. The first kappa shape index (κ1) is 13.8. The van der Waals surface area contributed by atoms with E-state index in [0.717, 1.165) is 0 Å². The van der Waals surface area contributed by atoms with E-state index >= 15 is 0 Å². The van der Waals surface area contributed by atoms with Crippen molar-refractivity contribution in [1.29, 1.82) is 0 Å². The molecule has 6 heteroatoms. The standard InChI is InChI=1S/C12H11F2NO3/c1-2-3-4-11(16)15-10-6-9(14)8(13)5-7(10)12(17)18/h2,5-6H,1,3-4H2,(H,15,16)(H,17,18). The fourth-order valence-corrected chi connectivity index (χ4v) is 1.27. The highest BCUT2D eigenvalue weighted by Gasteiger charge is 2.16. The first-order valence-corrected chi connectivity index (χ1v) is 5.08. The van der Waals surface area contributed by atoms with E-state index in [1.807, 2.05) is 0 Å². The maximum atomic E-state index is 13.0. The lowest BCUT2D eigenvalue weighted by atomic mass is 10.1. The number of rotatable bonds is 5. The third kappa shape index (κ3) is 3.38. The van der Waals surface area contributed by atoms with Crippen molar-refractivity contribution >= 4 is 17.6 Å². The summed E-state index contributed by atoms with van der Waals surface area (Å²) in [7, 11) is 0. The van der Waals surface area contributed by atoms with E-state index in [0.29, 0.717) is 18.6 Å². The Morgan fingerprint density at radius 2 is 1.94 bits per heavy atom. The van der Waals surface area contributed by atoms with Crippen molar-refractivity contribution in [3.8, 4) is 0 Å². The van der Waals surface area contributed by atoms with Crippen LogP contribution in [0.3, 0.4) is 0 Å². The monoisotopic (exact) mass is 255 g/mol. The van der Waals surface area contributed by atoms with Gasteiger partial charge in [0.15, 0.2) is 11.6 Å². The Labute approximate surface area is 102 Å². The molecule has 0 saturated heterocycles. The summed E-state index contributed by atoms with van der Waals surface area (Å²) in [6, 6.07) is 1.17. The van der Waals surface area contributed by atoms with Crippen LogP contribution in [0.1, 0.15) is 23.2 Å². The fourth-order valence-electron chi connectivity index (χ4n) is 1.27. The van der Waals surface area contributed by atoms with Gasteiger partial charge in [-0.25, -0.2) is 13.6 Å². The lowest BCUT2D eigenvalue weighted by Gasteiger charge is -2.08. The number of nitrogens with one attached hydrogen (secondary N) is 1. The molecular formula is C12H11F2NO3. The number of aromatic carboxylic acids is 1. The lowest BCUT2D eigenvalue weighted by molar-refractivity contribution is -0.116. The van der Waals surface area contributed by atoms with Gasteiger partial charge in [-0.2, -0.15) is 0 Å². The van der Waals surface area contributed by atoms with Gasteiger partial charge in [0.1, 0.15) is 0 Å². The van der Waals surface area contributed by atoms with Crippen LogP contribution in [0, 0.1) is 11.6 Å². The number of allylic oxidation sites excluding steroid dienone is 1. The van der Waals surface area contributed by atoms with Gasteiger partial charge in [-0.1, -0.05) is 6.08 Å². The molecule has 0 saturated carbocycles. The van der Waals surface area contributed by atoms with Crippen LogP contribution in [0.4, 0.5) is 14.5 Å². The van der Waals surface area contributed by atoms with Crippen LogP contribution in [0.2, 0.25) is 0 Å². The first-order valence-electron chi connectivity index (χ1n) is 5.08. The maximum Gasteiger partial charge on any atom is 0.337 e. The number of halogens is 2. The summed E-state index contributed by atoms with van der Waals surface area (Å²) >= 11 is 0. The van der Waals surface area contributed by atoms with Gasteiger partial charge in [0.2, 0.25) is 5.91 Å². The van der Waals surface area contributed by atoms with Gasteiger partial charge in [0, 0.05) is 12.5 Å². The van der Waals surface area contributed by atoms with Crippen molar-refractivity contribution < 1.29 is 23.5 Å². The highest BCUT2D eigenvalue weighted by molar-refractivity contribution is 6.00.